The normalized spacial score (nSPS) is 19.6. The van der Waals surface area contributed by atoms with Gasteiger partial charge in [-0.2, -0.15) is 0 Å². The first kappa shape index (κ1) is 19.3. The Labute approximate surface area is 172 Å². The molecule has 1 amide bonds. The van der Waals surface area contributed by atoms with E-state index in [1.807, 2.05) is 29.2 Å². The molecule has 2 aromatic rings. The van der Waals surface area contributed by atoms with Gasteiger partial charge < -0.3 is 9.80 Å². The summed E-state index contributed by atoms with van der Waals surface area (Å²) in [6.07, 6.45) is 3.47. The number of nitrogens with zero attached hydrogens (tertiary/aromatic N) is 3. The van der Waals surface area contributed by atoms with Crippen LogP contribution in [0.3, 0.4) is 0 Å². The van der Waals surface area contributed by atoms with Crippen LogP contribution in [0.2, 0.25) is 5.02 Å². The quantitative estimate of drug-likeness (QED) is 0.780. The van der Waals surface area contributed by atoms with Gasteiger partial charge in [0.1, 0.15) is 0 Å². The zero-order valence-corrected chi connectivity index (χ0v) is 17.2. The molecule has 0 N–H and O–H groups in total. The van der Waals surface area contributed by atoms with Gasteiger partial charge in [-0.1, -0.05) is 48.0 Å². The molecule has 28 heavy (non-hydrogen) atoms. The van der Waals surface area contributed by atoms with Crippen LogP contribution in [0, 0.1) is 0 Å². The van der Waals surface area contributed by atoms with Gasteiger partial charge in [0.15, 0.2) is 0 Å². The van der Waals surface area contributed by atoms with Crippen LogP contribution >= 0.6 is 11.6 Å². The Morgan fingerprint density at radius 3 is 2.57 bits per heavy atom. The van der Waals surface area contributed by atoms with Crippen LogP contribution in [-0.4, -0.2) is 55.5 Å². The van der Waals surface area contributed by atoms with Gasteiger partial charge in [0, 0.05) is 32.2 Å². The number of likely N-dealkylation sites (N-methyl/N-ethyl adjacent to an activating group) is 1. The predicted molar refractivity (Wildman–Crippen MR) is 115 cm³/mol. The third-order valence-corrected chi connectivity index (χ3v) is 6.40. The van der Waals surface area contributed by atoms with Crippen molar-refractivity contribution in [2.24, 2.45) is 0 Å². The number of para-hydroxylation sites is 1. The largest absolute Gasteiger partial charge is 0.367 e. The van der Waals surface area contributed by atoms with Gasteiger partial charge in [0.25, 0.3) is 0 Å². The lowest BCUT2D eigenvalue weighted by Crippen LogP contribution is -2.51. The van der Waals surface area contributed by atoms with Gasteiger partial charge in [0.2, 0.25) is 5.91 Å². The third kappa shape index (κ3) is 4.03. The molecule has 1 aliphatic carbocycles. The predicted octanol–water partition coefficient (Wildman–Crippen LogP) is 4.00. The standard InChI is InChI=1S/C23H28ClN3O/c1-25(21-12-6-8-18-7-2-3-9-19(18)21)17-23(28)27-15-13-26(14-16-27)22-11-5-4-10-20(22)24/h2-5,7,9-11,21H,6,8,12-17H2,1H3/t21-/m0/s1. The SMILES string of the molecule is CN(CC(=O)N1CCN(c2ccccc2Cl)CC1)[C@H]1CCCc2ccccc21. The highest BCUT2D eigenvalue weighted by atomic mass is 35.5. The van der Waals surface area contributed by atoms with Crippen molar-refractivity contribution < 1.29 is 4.79 Å². The van der Waals surface area contributed by atoms with E-state index < -0.39 is 0 Å². The number of benzene rings is 2. The fraction of sp³-hybridized carbons (Fsp3) is 0.435. The minimum atomic E-state index is 0.226. The molecule has 0 aromatic heterocycles. The fourth-order valence-corrected chi connectivity index (χ4v) is 4.77. The minimum absolute atomic E-state index is 0.226. The number of hydrogen-bond donors (Lipinski definition) is 0. The van der Waals surface area contributed by atoms with Gasteiger partial charge in [0.05, 0.1) is 17.3 Å². The van der Waals surface area contributed by atoms with E-state index in [1.165, 1.54) is 17.5 Å². The summed E-state index contributed by atoms with van der Waals surface area (Å²) in [5.74, 6) is 0.226. The van der Waals surface area contributed by atoms with Gasteiger partial charge in [-0.3, -0.25) is 9.69 Å². The zero-order chi connectivity index (χ0) is 19.5. The smallest absolute Gasteiger partial charge is 0.236 e. The number of amides is 1. The van der Waals surface area contributed by atoms with E-state index in [0.29, 0.717) is 12.6 Å². The highest BCUT2D eigenvalue weighted by Crippen LogP contribution is 2.33. The van der Waals surface area contributed by atoms with Crippen molar-refractivity contribution >= 4 is 23.2 Å². The molecule has 4 rings (SSSR count). The molecular formula is C23H28ClN3O. The van der Waals surface area contributed by atoms with Crippen LogP contribution in [0.5, 0.6) is 0 Å². The Bertz CT molecular complexity index is 832. The van der Waals surface area contributed by atoms with E-state index in [2.05, 4.69) is 41.1 Å². The lowest BCUT2D eigenvalue weighted by molar-refractivity contribution is -0.133. The summed E-state index contributed by atoms with van der Waals surface area (Å²) in [4.78, 5) is 19.4. The maximum Gasteiger partial charge on any atom is 0.236 e. The molecule has 1 saturated heterocycles. The van der Waals surface area contributed by atoms with Crippen LogP contribution < -0.4 is 4.90 Å². The zero-order valence-electron chi connectivity index (χ0n) is 16.5. The third-order valence-electron chi connectivity index (χ3n) is 6.08. The van der Waals surface area contributed by atoms with Crippen molar-refractivity contribution in [3.8, 4) is 0 Å². The molecule has 2 aromatic carbocycles. The molecule has 0 unspecified atom stereocenters. The summed E-state index contributed by atoms with van der Waals surface area (Å²) < 4.78 is 0. The number of carbonyl (C=O) groups is 1. The molecule has 1 aliphatic heterocycles. The molecule has 148 valence electrons. The van der Waals surface area contributed by atoms with E-state index >= 15 is 0 Å². The maximum atomic E-state index is 12.9. The molecule has 0 radical (unpaired) electrons. The van der Waals surface area contributed by atoms with Crippen molar-refractivity contribution in [2.45, 2.75) is 25.3 Å². The Balaban J connectivity index is 1.34. The van der Waals surface area contributed by atoms with Crippen molar-refractivity contribution in [2.75, 3.05) is 44.7 Å². The molecule has 5 heteroatoms. The van der Waals surface area contributed by atoms with Crippen molar-refractivity contribution in [3.05, 3.63) is 64.7 Å². The van der Waals surface area contributed by atoms with E-state index in [0.717, 1.165) is 49.7 Å². The monoisotopic (exact) mass is 397 g/mol. The van der Waals surface area contributed by atoms with Crippen LogP contribution in [0.25, 0.3) is 0 Å². The topological polar surface area (TPSA) is 26.8 Å². The van der Waals surface area contributed by atoms with E-state index in [-0.39, 0.29) is 5.91 Å². The molecular weight excluding hydrogens is 370 g/mol. The maximum absolute atomic E-state index is 12.9. The molecule has 4 nitrogen and oxygen atoms in total. The number of piperazine rings is 1. The fourth-order valence-electron chi connectivity index (χ4n) is 4.51. The van der Waals surface area contributed by atoms with E-state index in [4.69, 9.17) is 11.6 Å². The van der Waals surface area contributed by atoms with Crippen LogP contribution in [0.4, 0.5) is 5.69 Å². The second-order valence-corrected chi connectivity index (χ2v) is 8.25. The number of aryl methyl sites for hydroxylation is 1. The Kier molecular flexibility index (Phi) is 5.88. The molecule has 1 atom stereocenters. The summed E-state index contributed by atoms with van der Waals surface area (Å²) in [5.41, 5.74) is 3.89. The molecule has 2 aliphatic rings. The summed E-state index contributed by atoms with van der Waals surface area (Å²) in [6, 6.07) is 17.0. The molecule has 0 bridgehead atoms. The number of fused-ring (bicyclic) bond motifs is 1. The first-order valence-corrected chi connectivity index (χ1v) is 10.6. The molecule has 1 heterocycles. The molecule has 0 saturated carbocycles. The molecule has 1 fully saturated rings. The highest BCUT2D eigenvalue weighted by Gasteiger charge is 2.27. The Hall–Kier alpha value is -2.04. The summed E-state index contributed by atoms with van der Waals surface area (Å²) in [7, 11) is 2.09. The average molecular weight is 398 g/mol. The molecule has 0 spiro atoms. The van der Waals surface area contributed by atoms with Crippen molar-refractivity contribution in [1.82, 2.24) is 9.80 Å². The van der Waals surface area contributed by atoms with Crippen molar-refractivity contribution in [3.63, 3.8) is 0 Å². The average Bonchev–Trinajstić information content (AvgIpc) is 2.73. The number of anilines is 1. The second kappa shape index (κ2) is 8.54. The minimum Gasteiger partial charge on any atom is -0.367 e. The number of rotatable bonds is 4. The number of halogens is 1. The number of carbonyl (C=O) groups excluding carboxylic acids is 1. The van der Waals surface area contributed by atoms with Crippen LogP contribution in [0.15, 0.2) is 48.5 Å². The summed E-state index contributed by atoms with van der Waals surface area (Å²) in [6.45, 7) is 3.63. The van der Waals surface area contributed by atoms with Gasteiger partial charge in [-0.15, -0.1) is 0 Å². The Morgan fingerprint density at radius 1 is 1.07 bits per heavy atom. The Morgan fingerprint density at radius 2 is 1.79 bits per heavy atom. The lowest BCUT2D eigenvalue weighted by Gasteiger charge is -2.38. The second-order valence-electron chi connectivity index (χ2n) is 7.84. The summed E-state index contributed by atoms with van der Waals surface area (Å²) >= 11 is 6.32. The first-order chi connectivity index (χ1) is 13.6. The van der Waals surface area contributed by atoms with Crippen molar-refractivity contribution in [1.29, 1.82) is 0 Å². The van der Waals surface area contributed by atoms with E-state index in [9.17, 15) is 4.79 Å². The lowest BCUT2D eigenvalue weighted by atomic mass is 9.87. The summed E-state index contributed by atoms with van der Waals surface area (Å²) in [5, 5.41) is 0.776. The first-order valence-electron chi connectivity index (χ1n) is 10.2. The van der Waals surface area contributed by atoms with Gasteiger partial charge >= 0.3 is 0 Å². The van der Waals surface area contributed by atoms with E-state index in [1.54, 1.807) is 0 Å². The van der Waals surface area contributed by atoms with Crippen LogP contribution in [-0.2, 0) is 11.2 Å². The van der Waals surface area contributed by atoms with Crippen LogP contribution in [0.1, 0.15) is 30.0 Å². The number of hydrogen-bond acceptors (Lipinski definition) is 3. The highest BCUT2D eigenvalue weighted by molar-refractivity contribution is 6.33. The van der Waals surface area contributed by atoms with Gasteiger partial charge in [-0.05, 0) is 49.6 Å². The van der Waals surface area contributed by atoms with Gasteiger partial charge in [-0.25, -0.2) is 0 Å².